The first kappa shape index (κ1) is 22.2. The maximum atomic E-state index is 10.3. The minimum atomic E-state index is -0.347. The Bertz CT molecular complexity index is 950. The Morgan fingerprint density at radius 1 is 1.20 bits per heavy atom. The van der Waals surface area contributed by atoms with Gasteiger partial charge in [-0.2, -0.15) is 0 Å². The quantitative estimate of drug-likeness (QED) is 0.587. The summed E-state index contributed by atoms with van der Waals surface area (Å²) in [7, 11) is 0. The fraction of sp³-hybridized carbons (Fsp3) is 0.364. The number of amides is 1. The van der Waals surface area contributed by atoms with Crippen LogP contribution in [0.25, 0.3) is 0 Å². The van der Waals surface area contributed by atoms with Crippen molar-refractivity contribution >= 4 is 29.0 Å². The third kappa shape index (κ3) is 7.11. The van der Waals surface area contributed by atoms with Gasteiger partial charge in [-0.3, -0.25) is 4.79 Å². The molecular weight excluding hydrogens is 416 g/mol. The topological polar surface area (TPSA) is 91.0 Å². The minimum Gasteiger partial charge on any atom is -0.486 e. The van der Waals surface area contributed by atoms with E-state index in [1.807, 2.05) is 17.5 Å². The van der Waals surface area contributed by atoms with E-state index in [0.717, 1.165) is 10.9 Å². The van der Waals surface area contributed by atoms with E-state index < -0.39 is 0 Å². The summed E-state index contributed by atoms with van der Waals surface area (Å²) in [6, 6.07) is 11.7. The summed E-state index contributed by atoms with van der Waals surface area (Å²) in [4.78, 5) is 23.7. The third-order valence-electron chi connectivity index (χ3n) is 4.25. The van der Waals surface area contributed by atoms with E-state index in [2.05, 4.69) is 47.9 Å². The fourth-order valence-electron chi connectivity index (χ4n) is 2.39. The Morgan fingerprint density at radius 2 is 1.93 bits per heavy atom. The zero-order valence-corrected chi connectivity index (χ0v) is 19.0. The van der Waals surface area contributed by atoms with Gasteiger partial charge in [-0.05, 0) is 47.4 Å². The summed E-state index contributed by atoms with van der Waals surface area (Å²) in [5.74, 6) is 1.17. The predicted molar refractivity (Wildman–Crippen MR) is 121 cm³/mol. The molecule has 1 aliphatic carbocycles. The van der Waals surface area contributed by atoms with E-state index in [1.165, 1.54) is 29.7 Å². The molecule has 0 spiro atoms. The van der Waals surface area contributed by atoms with E-state index in [4.69, 9.17) is 10.5 Å². The van der Waals surface area contributed by atoms with Crippen LogP contribution in [-0.4, -0.2) is 26.1 Å². The lowest BCUT2D eigenvalue weighted by molar-refractivity contribution is 0.100. The maximum Gasteiger partial charge on any atom is 0.258 e. The van der Waals surface area contributed by atoms with Crippen molar-refractivity contribution in [1.82, 2.24) is 15.0 Å². The number of primary amides is 1. The van der Waals surface area contributed by atoms with Gasteiger partial charge in [-0.15, -0.1) is 11.3 Å². The van der Waals surface area contributed by atoms with Gasteiger partial charge in [0.1, 0.15) is 18.7 Å². The number of carbonyl (C=O) groups is 1. The number of rotatable bonds is 6. The van der Waals surface area contributed by atoms with Gasteiger partial charge >= 0.3 is 0 Å². The normalized spacial score (nSPS) is 13.3. The first-order valence-electron chi connectivity index (χ1n) is 9.72. The number of carbonyl (C=O) groups excluding carboxylic acids is 1. The van der Waals surface area contributed by atoms with Gasteiger partial charge in [0, 0.05) is 5.25 Å². The molecule has 2 N–H and O–H groups in total. The summed E-state index contributed by atoms with van der Waals surface area (Å²) in [6.45, 7) is 6.97. The van der Waals surface area contributed by atoms with Crippen molar-refractivity contribution < 1.29 is 9.53 Å². The second kappa shape index (κ2) is 10.0. The van der Waals surface area contributed by atoms with Crippen molar-refractivity contribution in [3.05, 3.63) is 64.4 Å². The van der Waals surface area contributed by atoms with Crippen molar-refractivity contribution in [3.8, 4) is 5.75 Å². The van der Waals surface area contributed by atoms with Gasteiger partial charge in [-0.1, -0.05) is 50.7 Å². The largest absolute Gasteiger partial charge is 0.486 e. The number of nitrogens with two attached hydrogens (primary N) is 1. The van der Waals surface area contributed by atoms with Crippen molar-refractivity contribution in [2.45, 2.75) is 56.0 Å². The van der Waals surface area contributed by atoms with Crippen LogP contribution in [-0.2, 0) is 12.0 Å². The molecule has 0 aliphatic heterocycles. The predicted octanol–water partition coefficient (Wildman–Crippen LogP) is 4.85. The van der Waals surface area contributed by atoms with Crippen molar-refractivity contribution in [3.63, 3.8) is 0 Å². The minimum absolute atomic E-state index is 0.154. The van der Waals surface area contributed by atoms with Crippen LogP contribution in [0, 0.1) is 0 Å². The highest BCUT2D eigenvalue weighted by Gasteiger charge is 2.24. The molecule has 1 aromatic carbocycles. The molecule has 1 saturated carbocycles. The second-order valence-corrected chi connectivity index (χ2v) is 10.1. The van der Waals surface area contributed by atoms with Crippen molar-refractivity contribution in [2.75, 3.05) is 0 Å². The van der Waals surface area contributed by atoms with Crippen molar-refractivity contribution in [2.24, 2.45) is 5.73 Å². The molecule has 0 radical (unpaired) electrons. The molecule has 30 heavy (non-hydrogen) atoms. The molecule has 4 rings (SSSR count). The summed E-state index contributed by atoms with van der Waals surface area (Å²) in [5.41, 5.74) is 6.38. The lowest BCUT2D eigenvalue weighted by Crippen LogP contribution is -2.10. The van der Waals surface area contributed by atoms with E-state index in [9.17, 15) is 4.79 Å². The first-order chi connectivity index (χ1) is 14.3. The SMILES string of the molecule is CC(C)(C)c1ccc(OCc2ncnc(SC3CC3)n2)cc1.NC(=O)c1cccs1. The fourth-order valence-corrected chi connectivity index (χ4v) is 3.91. The molecular formula is C22H26N4O2S2. The molecule has 1 fully saturated rings. The van der Waals surface area contributed by atoms with Crippen LogP contribution in [0.3, 0.4) is 0 Å². The molecule has 0 atom stereocenters. The first-order valence-corrected chi connectivity index (χ1v) is 11.5. The number of aromatic nitrogens is 3. The Hall–Kier alpha value is -2.45. The Morgan fingerprint density at radius 3 is 2.47 bits per heavy atom. The number of thiophene rings is 1. The van der Waals surface area contributed by atoms with Crippen LogP contribution in [0.15, 0.2) is 53.3 Å². The molecule has 1 aliphatic rings. The van der Waals surface area contributed by atoms with Gasteiger partial charge in [0.25, 0.3) is 5.91 Å². The second-order valence-electron chi connectivity index (χ2n) is 7.91. The monoisotopic (exact) mass is 442 g/mol. The van der Waals surface area contributed by atoms with Crippen LogP contribution in [0.1, 0.15) is 54.7 Å². The van der Waals surface area contributed by atoms with Gasteiger partial charge in [-0.25, -0.2) is 15.0 Å². The maximum absolute atomic E-state index is 10.3. The van der Waals surface area contributed by atoms with Crippen LogP contribution in [0.5, 0.6) is 5.75 Å². The van der Waals surface area contributed by atoms with Crippen LogP contribution in [0.2, 0.25) is 0 Å². The van der Waals surface area contributed by atoms with E-state index in [1.54, 1.807) is 30.2 Å². The average Bonchev–Trinajstić information content (AvgIpc) is 3.34. The number of hydrogen-bond acceptors (Lipinski definition) is 7. The lowest BCUT2D eigenvalue weighted by Gasteiger charge is -2.19. The number of ether oxygens (including phenoxy) is 1. The lowest BCUT2D eigenvalue weighted by atomic mass is 9.87. The van der Waals surface area contributed by atoms with Gasteiger partial charge < -0.3 is 10.5 Å². The van der Waals surface area contributed by atoms with E-state index in [-0.39, 0.29) is 11.3 Å². The number of hydrogen-bond donors (Lipinski definition) is 1. The number of nitrogens with zero attached hydrogens (tertiary/aromatic N) is 3. The number of thioether (sulfide) groups is 1. The molecule has 158 valence electrons. The summed E-state index contributed by atoms with van der Waals surface area (Å²) >= 11 is 3.09. The Kier molecular flexibility index (Phi) is 7.44. The molecule has 6 nitrogen and oxygen atoms in total. The zero-order valence-electron chi connectivity index (χ0n) is 17.4. The van der Waals surface area contributed by atoms with E-state index in [0.29, 0.717) is 22.6 Å². The Labute approximate surface area is 185 Å². The Balaban J connectivity index is 0.000000269. The van der Waals surface area contributed by atoms with Crippen molar-refractivity contribution in [1.29, 1.82) is 0 Å². The van der Waals surface area contributed by atoms with E-state index >= 15 is 0 Å². The van der Waals surface area contributed by atoms with Gasteiger partial charge in [0.2, 0.25) is 0 Å². The standard InChI is InChI=1S/C17H21N3OS.C5H5NOS/c1-17(2,3)12-4-6-13(7-5-12)21-10-15-18-11-19-16(20-15)22-14-8-9-14;6-5(7)4-2-1-3-8-4/h4-7,11,14H,8-10H2,1-3H3;1-3H,(H2,6,7). The summed E-state index contributed by atoms with van der Waals surface area (Å²) in [6.07, 6.45) is 4.10. The highest BCUT2D eigenvalue weighted by molar-refractivity contribution is 8.00. The molecule has 2 heterocycles. The van der Waals surface area contributed by atoms with Crippen LogP contribution >= 0.6 is 23.1 Å². The molecule has 0 saturated heterocycles. The molecule has 2 aromatic heterocycles. The summed E-state index contributed by atoms with van der Waals surface area (Å²) < 4.78 is 5.77. The van der Waals surface area contributed by atoms with Gasteiger partial charge in [0.15, 0.2) is 11.0 Å². The highest BCUT2D eigenvalue weighted by Crippen LogP contribution is 2.37. The molecule has 0 bridgehead atoms. The van der Waals surface area contributed by atoms with Gasteiger partial charge in [0.05, 0.1) is 4.88 Å². The molecule has 3 aromatic rings. The smallest absolute Gasteiger partial charge is 0.258 e. The molecule has 8 heteroatoms. The number of benzene rings is 1. The average molecular weight is 443 g/mol. The van der Waals surface area contributed by atoms with Crippen LogP contribution < -0.4 is 10.5 Å². The van der Waals surface area contributed by atoms with Crippen LogP contribution in [0.4, 0.5) is 0 Å². The molecule has 0 unspecified atom stereocenters. The molecule has 1 amide bonds. The highest BCUT2D eigenvalue weighted by atomic mass is 32.2. The summed E-state index contributed by atoms with van der Waals surface area (Å²) in [5, 5.41) is 3.32. The third-order valence-corrected chi connectivity index (χ3v) is 6.35. The zero-order chi connectivity index (χ0) is 21.6.